The van der Waals surface area contributed by atoms with Crippen molar-refractivity contribution in [3.05, 3.63) is 65.6 Å². The molecule has 0 spiro atoms. The zero-order valence-corrected chi connectivity index (χ0v) is 8.96. The number of benzene rings is 2. The van der Waals surface area contributed by atoms with E-state index in [0.29, 0.717) is 5.92 Å². The maximum atomic E-state index is 3.46. The predicted octanol–water partition coefficient (Wildman–Crippen LogP) is 3.67. The molecule has 0 fully saturated rings. The lowest BCUT2D eigenvalue weighted by molar-refractivity contribution is 0.746. The Morgan fingerprint density at radius 3 is 3.12 bits per heavy atom. The summed E-state index contributed by atoms with van der Waals surface area (Å²) in [5.74, 6) is 0.516. The highest BCUT2D eigenvalue weighted by molar-refractivity contribution is 5.92. The standard InChI is InChI=1S/C16H11/c1-3-11-7-9-13-5-2-6-14-10-8-12(4-1)15(11)16(13)14/h1,3-4,7,9-10,14H,5-6H2. The first kappa shape index (κ1) is 8.58. The molecule has 4 rings (SSSR count). The van der Waals surface area contributed by atoms with Crippen molar-refractivity contribution in [3.63, 3.8) is 0 Å². The molecule has 0 nitrogen and oxygen atoms in total. The van der Waals surface area contributed by atoms with E-state index in [4.69, 9.17) is 0 Å². The molecule has 0 saturated heterocycles. The molecule has 3 radical (unpaired) electrons. The zero-order valence-electron chi connectivity index (χ0n) is 8.96. The molecule has 75 valence electrons. The Hall–Kier alpha value is -1.56. The monoisotopic (exact) mass is 203 g/mol. The second-order valence-electron chi connectivity index (χ2n) is 4.59. The van der Waals surface area contributed by atoms with Crippen LogP contribution in [-0.2, 0) is 6.42 Å². The Morgan fingerprint density at radius 2 is 2.12 bits per heavy atom. The Labute approximate surface area is 95.6 Å². The van der Waals surface area contributed by atoms with Crippen molar-refractivity contribution in [1.82, 2.24) is 0 Å². The van der Waals surface area contributed by atoms with Crippen molar-refractivity contribution < 1.29 is 0 Å². The molecule has 0 heterocycles. The first-order chi connectivity index (χ1) is 7.93. The average molecular weight is 203 g/mol. The predicted molar refractivity (Wildman–Crippen MR) is 65.2 cm³/mol. The third-order valence-corrected chi connectivity index (χ3v) is 3.67. The zero-order chi connectivity index (χ0) is 10.5. The van der Waals surface area contributed by atoms with Crippen LogP contribution in [0, 0.1) is 12.5 Å². The normalized spacial score (nSPS) is 21.4. The third kappa shape index (κ3) is 0.996. The van der Waals surface area contributed by atoms with Crippen LogP contribution in [0.5, 0.6) is 0 Å². The summed E-state index contributed by atoms with van der Waals surface area (Å²) in [5, 5.41) is 2.78. The summed E-state index contributed by atoms with van der Waals surface area (Å²) in [4.78, 5) is 0. The number of allylic oxidation sites excluding steroid dienone is 1. The van der Waals surface area contributed by atoms with E-state index in [-0.39, 0.29) is 0 Å². The first-order valence-corrected chi connectivity index (χ1v) is 5.78. The largest absolute Gasteiger partial charge is 0.0684 e. The van der Waals surface area contributed by atoms with E-state index in [1.54, 1.807) is 0 Å². The van der Waals surface area contributed by atoms with Crippen LogP contribution in [0.2, 0.25) is 0 Å². The SMILES string of the molecule is [C]1Cc2ccc3cccc4c3c2C(C=[C]4)C1. The van der Waals surface area contributed by atoms with Crippen LogP contribution < -0.4 is 0 Å². The van der Waals surface area contributed by atoms with Gasteiger partial charge in [-0.15, -0.1) is 0 Å². The highest BCUT2D eigenvalue weighted by Crippen LogP contribution is 2.41. The molecule has 0 saturated carbocycles. The van der Waals surface area contributed by atoms with E-state index in [1.807, 2.05) is 0 Å². The number of rotatable bonds is 0. The minimum Gasteiger partial charge on any atom is -0.0684 e. The molecule has 0 bridgehead atoms. The quantitative estimate of drug-likeness (QED) is 0.612. The van der Waals surface area contributed by atoms with Crippen molar-refractivity contribution >= 4 is 10.8 Å². The van der Waals surface area contributed by atoms with Gasteiger partial charge in [0.2, 0.25) is 0 Å². The van der Waals surface area contributed by atoms with Gasteiger partial charge in [-0.1, -0.05) is 36.4 Å². The minimum atomic E-state index is 0.516. The van der Waals surface area contributed by atoms with E-state index < -0.39 is 0 Å². The van der Waals surface area contributed by atoms with Crippen molar-refractivity contribution in [2.24, 2.45) is 0 Å². The van der Waals surface area contributed by atoms with Gasteiger partial charge in [0.1, 0.15) is 0 Å². The van der Waals surface area contributed by atoms with Crippen LogP contribution >= 0.6 is 0 Å². The molecule has 0 aliphatic heterocycles. The van der Waals surface area contributed by atoms with Gasteiger partial charge in [-0.3, -0.25) is 0 Å². The van der Waals surface area contributed by atoms with Crippen molar-refractivity contribution in [1.29, 1.82) is 0 Å². The molecule has 2 aliphatic rings. The van der Waals surface area contributed by atoms with Crippen LogP contribution in [0.25, 0.3) is 10.8 Å². The molecule has 2 aromatic carbocycles. The van der Waals surface area contributed by atoms with Gasteiger partial charge in [0, 0.05) is 5.92 Å². The van der Waals surface area contributed by atoms with E-state index in [9.17, 15) is 0 Å². The highest BCUT2D eigenvalue weighted by atomic mass is 14.3. The topological polar surface area (TPSA) is 0 Å². The van der Waals surface area contributed by atoms with Gasteiger partial charge in [-0.05, 0) is 52.8 Å². The van der Waals surface area contributed by atoms with Crippen LogP contribution in [0.3, 0.4) is 0 Å². The first-order valence-electron chi connectivity index (χ1n) is 5.78. The van der Waals surface area contributed by atoms with Gasteiger partial charge in [0.05, 0.1) is 0 Å². The maximum Gasteiger partial charge on any atom is 0.00423 e. The summed E-state index contributed by atoms with van der Waals surface area (Å²) < 4.78 is 0. The van der Waals surface area contributed by atoms with E-state index in [0.717, 1.165) is 12.8 Å². The van der Waals surface area contributed by atoms with E-state index in [2.05, 4.69) is 48.9 Å². The molecular formula is C16H11. The van der Waals surface area contributed by atoms with Crippen molar-refractivity contribution in [2.75, 3.05) is 0 Å². The molecule has 0 amide bonds. The van der Waals surface area contributed by atoms with E-state index >= 15 is 0 Å². The molecule has 1 unspecified atom stereocenters. The summed E-state index contributed by atoms with van der Waals surface area (Å²) in [5.41, 5.74) is 4.24. The average Bonchev–Trinajstić information content (AvgIpc) is 2.36. The Kier molecular flexibility index (Phi) is 1.59. The Morgan fingerprint density at radius 1 is 1.12 bits per heavy atom. The van der Waals surface area contributed by atoms with Gasteiger partial charge in [-0.25, -0.2) is 0 Å². The van der Waals surface area contributed by atoms with Crippen molar-refractivity contribution in [2.45, 2.75) is 18.8 Å². The fourth-order valence-corrected chi connectivity index (χ4v) is 2.95. The molecule has 2 aliphatic carbocycles. The van der Waals surface area contributed by atoms with Gasteiger partial charge in [0.15, 0.2) is 0 Å². The van der Waals surface area contributed by atoms with Crippen LogP contribution in [0.4, 0.5) is 0 Å². The summed E-state index contributed by atoms with van der Waals surface area (Å²) in [6, 6.07) is 11.0. The maximum absolute atomic E-state index is 3.46. The fourth-order valence-electron chi connectivity index (χ4n) is 2.95. The molecule has 0 aromatic heterocycles. The summed E-state index contributed by atoms with van der Waals surface area (Å²) in [7, 11) is 0. The van der Waals surface area contributed by atoms with Gasteiger partial charge < -0.3 is 0 Å². The second-order valence-corrected chi connectivity index (χ2v) is 4.59. The lowest BCUT2D eigenvalue weighted by Gasteiger charge is -2.27. The highest BCUT2D eigenvalue weighted by Gasteiger charge is 2.24. The van der Waals surface area contributed by atoms with Crippen LogP contribution in [-0.4, -0.2) is 0 Å². The van der Waals surface area contributed by atoms with Crippen LogP contribution in [0.15, 0.2) is 36.4 Å². The second kappa shape index (κ2) is 2.98. The lowest BCUT2D eigenvalue weighted by Crippen LogP contribution is -2.12. The molecule has 2 aromatic rings. The number of hydrogen-bond donors (Lipinski definition) is 0. The Balaban J connectivity index is 2.21. The number of hydrogen-bond acceptors (Lipinski definition) is 0. The smallest absolute Gasteiger partial charge is 0.00423 e. The molecule has 0 heteroatoms. The van der Waals surface area contributed by atoms with E-state index in [1.165, 1.54) is 27.5 Å². The van der Waals surface area contributed by atoms with Gasteiger partial charge in [0.25, 0.3) is 0 Å². The van der Waals surface area contributed by atoms with Crippen LogP contribution in [0.1, 0.15) is 29.0 Å². The molecule has 1 atom stereocenters. The molecular weight excluding hydrogens is 192 g/mol. The van der Waals surface area contributed by atoms with Gasteiger partial charge >= 0.3 is 0 Å². The summed E-state index contributed by atoms with van der Waals surface area (Å²) >= 11 is 0. The molecule has 0 N–H and O–H groups in total. The fraction of sp³-hybridized carbons (Fsp3) is 0.188. The minimum absolute atomic E-state index is 0.516. The third-order valence-electron chi connectivity index (χ3n) is 3.67. The van der Waals surface area contributed by atoms with Gasteiger partial charge in [-0.2, -0.15) is 0 Å². The summed E-state index contributed by atoms with van der Waals surface area (Å²) in [6.07, 6.45) is 11.2. The summed E-state index contributed by atoms with van der Waals surface area (Å²) in [6.45, 7) is 0. The lowest BCUT2D eigenvalue weighted by atomic mass is 9.76. The molecule has 16 heavy (non-hydrogen) atoms. The Bertz CT molecular complexity index is 605. The van der Waals surface area contributed by atoms with Crippen molar-refractivity contribution in [3.8, 4) is 0 Å².